The van der Waals surface area contributed by atoms with E-state index in [0.29, 0.717) is 55.7 Å². The minimum Gasteiger partial charge on any atom is -0.493 e. The van der Waals surface area contributed by atoms with E-state index in [1.807, 2.05) is 35.4 Å². The van der Waals surface area contributed by atoms with Crippen molar-refractivity contribution in [3.05, 3.63) is 59.6 Å². The molecule has 1 aromatic heterocycles. The average molecular weight is 512 g/mol. The van der Waals surface area contributed by atoms with Crippen molar-refractivity contribution in [2.75, 3.05) is 53.4 Å². The number of ether oxygens (including phenoxy) is 4. The molecule has 0 saturated carbocycles. The van der Waals surface area contributed by atoms with E-state index in [1.165, 1.54) is 0 Å². The van der Waals surface area contributed by atoms with E-state index in [0.717, 1.165) is 23.4 Å². The van der Waals surface area contributed by atoms with E-state index < -0.39 is 11.9 Å². The molecule has 0 aliphatic carbocycles. The third kappa shape index (κ3) is 7.87. The van der Waals surface area contributed by atoms with Gasteiger partial charge in [-0.15, -0.1) is 0 Å². The van der Waals surface area contributed by atoms with Crippen LogP contribution in [0.1, 0.15) is 17.0 Å². The number of methoxy groups -OCH3 is 3. The van der Waals surface area contributed by atoms with Crippen LogP contribution in [0.4, 0.5) is 13.2 Å². The Morgan fingerprint density at radius 3 is 2.51 bits per heavy atom. The van der Waals surface area contributed by atoms with E-state index in [1.54, 1.807) is 27.4 Å². The van der Waals surface area contributed by atoms with Gasteiger partial charge in [0.1, 0.15) is 5.69 Å². The molecule has 0 saturated heterocycles. The van der Waals surface area contributed by atoms with Gasteiger partial charge in [0.25, 0.3) is 0 Å². The van der Waals surface area contributed by atoms with Crippen molar-refractivity contribution in [1.82, 2.24) is 14.9 Å². The molecule has 1 aromatic carbocycles. The van der Waals surface area contributed by atoms with Crippen molar-refractivity contribution >= 4 is 17.3 Å². The lowest BCUT2D eigenvalue weighted by Crippen LogP contribution is -2.20. The molecule has 7 nitrogen and oxygen atoms in total. The van der Waals surface area contributed by atoms with E-state index in [9.17, 15) is 13.2 Å². The number of thioether (sulfide) groups is 1. The summed E-state index contributed by atoms with van der Waals surface area (Å²) in [6.07, 6.45) is 0.888. The van der Waals surface area contributed by atoms with Crippen molar-refractivity contribution in [3.63, 3.8) is 0 Å². The molecule has 0 atom stereocenters. The first-order valence-electron chi connectivity index (χ1n) is 10.8. The van der Waals surface area contributed by atoms with Crippen molar-refractivity contribution in [3.8, 4) is 11.5 Å². The molecular formula is C24H28F3N3O4S. The molecule has 2 heterocycles. The smallest absolute Gasteiger partial charge is 0.433 e. The first-order chi connectivity index (χ1) is 16.8. The quantitative estimate of drug-likeness (QED) is 0.231. The third-order valence-electron chi connectivity index (χ3n) is 4.98. The van der Waals surface area contributed by atoms with E-state index in [-0.39, 0.29) is 10.9 Å². The summed E-state index contributed by atoms with van der Waals surface area (Å²) < 4.78 is 61.5. The molecule has 0 unspecified atom stereocenters. The lowest BCUT2D eigenvalue weighted by molar-refractivity contribution is -0.141. The predicted octanol–water partition coefficient (Wildman–Crippen LogP) is 4.68. The van der Waals surface area contributed by atoms with Gasteiger partial charge in [0.2, 0.25) is 0 Å². The number of aromatic nitrogens is 2. The van der Waals surface area contributed by atoms with E-state index in [2.05, 4.69) is 9.97 Å². The van der Waals surface area contributed by atoms with E-state index >= 15 is 0 Å². The fourth-order valence-corrected chi connectivity index (χ4v) is 4.01. The van der Waals surface area contributed by atoms with Crippen LogP contribution in [0.2, 0.25) is 0 Å². The maximum Gasteiger partial charge on any atom is 0.433 e. The molecule has 0 fully saturated rings. The summed E-state index contributed by atoms with van der Waals surface area (Å²) in [6, 6.07) is 6.60. The largest absolute Gasteiger partial charge is 0.493 e. The van der Waals surface area contributed by atoms with Crippen LogP contribution >= 0.6 is 11.8 Å². The summed E-state index contributed by atoms with van der Waals surface area (Å²) in [6.45, 7) is 2.36. The Hall–Kier alpha value is -2.76. The second kappa shape index (κ2) is 12.8. The fraction of sp³-hybridized carbons (Fsp3) is 0.417. The van der Waals surface area contributed by atoms with E-state index in [4.69, 9.17) is 18.9 Å². The number of nitrogens with zero attached hydrogens (tertiary/aromatic N) is 3. The predicted molar refractivity (Wildman–Crippen MR) is 128 cm³/mol. The molecule has 0 amide bonds. The maximum absolute atomic E-state index is 13.5. The topological polar surface area (TPSA) is 65.9 Å². The van der Waals surface area contributed by atoms with Gasteiger partial charge in [0.15, 0.2) is 16.7 Å². The lowest BCUT2D eigenvalue weighted by Gasteiger charge is -2.24. The van der Waals surface area contributed by atoms with Gasteiger partial charge in [0.05, 0.1) is 39.7 Å². The summed E-state index contributed by atoms with van der Waals surface area (Å²) in [5, 5.41) is 0.0523. The molecule has 3 rings (SSSR count). The van der Waals surface area contributed by atoms with Crippen molar-refractivity contribution in [2.45, 2.75) is 17.9 Å². The number of alkyl halides is 3. The maximum atomic E-state index is 13.5. The van der Waals surface area contributed by atoms with Gasteiger partial charge < -0.3 is 23.8 Å². The SMILES string of the molecule is COCCOCCSc1nc(C2=CN(Cc3ccc(OC)c(OC)c3)CC=C2)cc(C(F)(F)F)n1. The van der Waals surface area contributed by atoms with Gasteiger partial charge in [-0.1, -0.05) is 30.0 Å². The van der Waals surface area contributed by atoms with Crippen LogP contribution in [0, 0.1) is 0 Å². The standard InChI is InChI=1S/C24H28F3N3O4S/c1-31-9-10-34-11-12-35-23-28-19(14-22(29-23)24(25,26)27)18-5-4-8-30(16-18)15-17-6-7-20(32-2)21(13-17)33-3/h4-7,13-14,16H,8-12,15H2,1-3H3. The van der Waals surface area contributed by atoms with Gasteiger partial charge in [-0.25, -0.2) is 9.97 Å². The highest BCUT2D eigenvalue weighted by Crippen LogP contribution is 2.32. The first-order valence-corrected chi connectivity index (χ1v) is 11.8. The monoisotopic (exact) mass is 511 g/mol. The summed E-state index contributed by atoms with van der Waals surface area (Å²) >= 11 is 1.12. The second-order valence-corrected chi connectivity index (χ2v) is 8.54. The molecule has 0 N–H and O–H groups in total. The highest BCUT2D eigenvalue weighted by atomic mass is 32.2. The molecule has 190 valence electrons. The Morgan fingerprint density at radius 2 is 1.80 bits per heavy atom. The average Bonchev–Trinajstić information content (AvgIpc) is 2.85. The van der Waals surface area contributed by atoms with Gasteiger partial charge in [-0.2, -0.15) is 13.2 Å². The molecule has 11 heteroatoms. The van der Waals surface area contributed by atoms with Crippen LogP contribution in [-0.4, -0.2) is 68.3 Å². The van der Waals surface area contributed by atoms with Crippen LogP contribution in [0.25, 0.3) is 5.57 Å². The van der Waals surface area contributed by atoms with Gasteiger partial charge in [0, 0.05) is 37.7 Å². The normalized spacial score (nSPS) is 13.7. The van der Waals surface area contributed by atoms with Crippen LogP contribution in [0.3, 0.4) is 0 Å². The summed E-state index contributed by atoms with van der Waals surface area (Å²) in [5.41, 5.74) is 0.778. The van der Waals surface area contributed by atoms with Crippen LogP contribution in [0.15, 0.2) is 47.8 Å². The minimum atomic E-state index is -4.58. The minimum absolute atomic E-state index is 0.0523. The van der Waals surface area contributed by atoms with Gasteiger partial charge in [-0.05, 0) is 23.8 Å². The molecule has 1 aliphatic heterocycles. The van der Waals surface area contributed by atoms with Crippen LogP contribution < -0.4 is 9.47 Å². The molecule has 35 heavy (non-hydrogen) atoms. The number of halogens is 3. The molecule has 0 bridgehead atoms. The molecule has 2 aromatic rings. The number of hydrogen-bond acceptors (Lipinski definition) is 8. The number of hydrogen-bond donors (Lipinski definition) is 0. The number of allylic oxidation sites excluding steroid dienone is 2. The van der Waals surface area contributed by atoms with Gasteiger partial charge in [-0.3, -0.25) is 0 Å². The third-order valence-corrected chi connectivity index (χ3v) is 5.79. The Bertz CT molecular complexity index is 1050. The number of benzene rings is 1. The highest BCUT2D eigenvalue weighted by Gasteiger charge is 2.34. The fourth-order valence-electron chi connectivity index (χ4n) is 3.30. The second-order valence-electron chi connectivity index (χ2n) is 7.48. The zero-order valence-corrected chi connectivity index (χ0v) is 20.6. The molecule has 1 aliphatic rings. The Kier molecular flexibility index (Phi) is 9.82. The number of rotatable bonds is 12. The zero-order valence-electron chi connectivity index (χ0n) is 19.8. The summed E-state index contributed by atoms with van der Waals surface area (Å²) in [4.78, 5) is 10.1. The molecule has 0 radical (unpaired) electrons. The Labute approximate surface area is 206 Å². The Morgan fingerprint density at radius 1 is 1.00 bits per heavy atom. The molecular weight excluding hydrogens is 483 g/mol. The van der Waals surface area contributed by atoms with Crippen LogP contribution in [0.5, 0.6) is 11.5 Å². The van der Waals surface area contributed by atoms with Crippen molar-refractivity contribution < 1.29 is 32.1 Å². The van der Waals surface area contributed by atoms with Crippen LogP contribution in [-0.2, 0) is 22.2 Å². The van der Waals surface area contributed by atoms with Crippen molar-refractivity contribution in [1.29, 1.82) is 0 Å². The highest BCUT2D eigenvalue weighted by molar-refractivity contribution is 7.99. The first kappa shape index (κ1) is 26.8. The zero-order chi connectivity index (χ0) is 25.3. The van der Waals surface area contributed by atoms with Gasteiger partial charge >= 0.3 is 6.18 Å². The summed E-state index contributed by atoms with van der Waals surface area (Å²) in [7, 11) is 4.71. The summed E-state index contributed by atoms with van der Waals surface area (Å²) in [5.74, 6) is 1.66. The Balaban J connectivity index is 1.78. The van der Waals surface area contributed by atoms with Crippen molar-refractivity contribution in [2.24, 2.45) is 0 Å². The molecule has 0 spiro atoms. The lowest BCUT2D eigenvalue weighted by atomic mass is 10.1.